The molecule has 1 atom stereocenters. The van der Waals surface area contributed by atoms with Crippen LogP contribution in [-0.2, 0) is 4.57 Å². The van der Waals surface area contributed by atoms with Gasteiger partial charge in [0.05, 0.1) is 12.4 Å². The van der Waals surface area contributed by atoms with Gasteiger partial charge in [0.2, 0.25) is 0 Å². The van der Waals surface area contributed by atoms with E-state index in [2.05, 4.69) is 0 Å². The second-order valence-electron chi connectivity index (χ2n) is 3.84. The predicted molar refractivity (Wildman–Crippen MR) is 72.9 cm³/mol. The van der Waals surface area contributed by atoms with Crippen LogP contribution in [0.1, 0.15) is 0 Å². The van der Waals surface area contributed by atoms with Crippen LogP contribution in [0, 0.1) is 0 Å². The lowest BCUT2D eigenvalue weighted by molar-refractivity contribution is 0.416. The molecule has 0 aliphatic carbocycles. The van der Waals surface area contributed by atoms with Crippen LogP contribution in [0.3, 0.4) is 0 Å². The lowest BCUT2D eigenvalue weighted by Gasteiger charge is -2.15. The summed E-state index contributed by atoms with van der Waals surface area (Å²) in [5.74, 6) is 0.324. The normalized spacial score (nSPS) is 13.9. The molecule has 0 saturated carbocycles. The van der Waals surface area contributed by atoms with Gasteiger partial charge in [0.1, 0.15) is 5.75 Å². The zero-order valence-electron chi connectivity index (χ0n) is 9.91. The zero-order valence-corrected chi connectivity index (χ0v) is 10.8. The van der Waals surface area contributed by atoms with Crippen LogP contribution in [0.15, 0.2) is 48.5 Å². The van der Waals surface area contributed by atoms with Crippen molar-refractivity contribution in [1.29, 1.82) is 0 Å². The van der Waals surface area contributed by atoms with Crippen molar-refractivity contribution in [1.82, 2.24) is 0 Å². The molecule has 3 N–H and O–H groups in total. The number of hydrogen-bond acceptors (Lipinski definition) is 3. The number of nitrogens with two attached hydrogens (primary N) is 1. The summed E-state index contributed by atoms with van der Waals surface area (Å²) in [6, 6.07) is 13.1. The van der Waals surface area contributed by atoms with Crippen molar-refractivity contribution in [3.63, 3.8) is 0 Å². The molecule has 18 heavy (non-hydrogen) atoms. The molecule has 0 aromatic heterocycles. The summed E-state index contributed by atoms with van der Waals surface area (Å²) in [6.07, 6.45) is 0. The molecule has 0 aliphatic heterocycles. The first-order chi connectivity index (χ1) is 8.55. The van der Waals surface area contributed by atoms with E-state index in [9.17, 15) is 9.46 Å². The molecule has 2 aromatic rings. The summed E-state index contributed by atoms with van der Waals surface area (Å²) in [5.41, 5.74) is 6.12. The Bertz CT molecular complexity index is 598. The van der Waals surface area contributed by atoms with E-state index >= 15 is 0 Å². The molecule has 0 aliphatic rings. The van der Waals surface area contributed by atoms with Crippen molar-refractivity contribution >= 4 is 23.7 Å². The first kappa shape index (κ1) is 12.7. The van der Waals surface area contributed by atoms with Crippen molar-refractivity contribution in [3.8, 4) is 5.75 Å². The van der Waals surface area contributed by atoms with Crippen molar-refractivity contribution in [2.45, 2.75) is 0 Å². The lowest BCUT2D eigenvalue weighted by atomic mass is 10.3. The van der Waals surface area contributed by atoms with Crippen LogP contribution < -0.4 is 21.1 Å². The van der Waals surface area contributed by atoms with E-state index in [1.165, 1.54) is 13.2 Å². The van der Waals surface area contributed by atoms with Crippen LogP contribution >= 0.6 is 7.37 Å². The molecule has 4 nitrogen and oxygen atoms in total. The second kappa shape index (κ2) is 4.84. The Morgan fingerprint density at radius 2 is 1.83 bits per heavy atom. The zero-order chi connectivity index (χ0) is 13.2. The van der Waals surface area contributed by atoms with Gasteiger partial charge in [-0.3, -0.25) is 4.57 Å². The van der Waals surface area contributed by atoms with E-state index in [-0.39, 0.29) is 5.30 Å². The molecular weight excluding hydrogens is 249 g/mol. The fourth-order valence-electron chi connectivity index (χ4n) is 1.71. The second-order valence-corrected chi connectivity index (χ2v) is 5.99. The van der Waals surface area contributed by atoms with Gasteiger partial charge in [0.25, 0.3) is 7.37 Å². The molecule has 5 heteroatoms. The minimum atomic E-state index is -3.65. The molecule has 0 saturated heterocycles. The topological polar surface area (TPSA) is 72.5 Å². The van der Waals surface area contributed by atoms with Gasteiger partial charge >= 0.3 is 0 Å². The van der Waals surface area contributed by atoms with Crippen molar-refractivity contribution < 1.29 is 14.2 Å². The summed E-state index contributed by atoms with van der Waals surface area (Å²) >= 11 is 0. The molecule has 94 valence electrons. The van der Waals surface area contributed by atoms with Gasteiger partial charge in [-0.1, -0.05) is 18.2 Å². The highest BCUT2D eigenvalue weighted by Crippen LogP contribution is 2.41. The maximum absolute atomic E-state index is 12.5. The number of nitrogen functional groups attached to an aromatic ring is 1. The van der Waals surface area contributed by atoms with Crippen LogP contribution in [0.25, 0.3) is 0 Å². The quantitative estimate of drug-likeness (QED) is 0.650. The third-order valence-corrected chi connectivity index (χ3v) is 4.66. The number of anilines is 1. The highest BCUT2D eigenvalue weighted by molar-refractivity contribution is 7.73. The van der Waals surface area contributed by atoms with E-state index in [1.807, 2.05) is 0 Å². The van der Waals surface area contributed by atoms with Gasteiger partial charge < -0.3 is 15.4 Å². The summed E-state index contributed by atoms with van der Waals surface area (Å²) in [7, 11) is -2.20. The van der Waals surface area contributed by atoms with Crippen LogP contribution in [0.5, 0.6) is 5.75 Å². The van der Waals surface area contributed by atoms with Gasteiger partial charge in [-0.25, -0.2) is 0 Å². The Balaban J connectivity index is 2.58. The van der Waals surface area contributed by atoms with E-state index in [4.69, 9.17) is 10.5 Å². The molecule has 0 amide bonds. The average Bonchev–Trinajstić information content (AvgIpc) is 2.39. The molecule has 0 bridgehead atoms. The maximum Gasteiger partial charge on any atom is 0.262 e. The van der Waals surface area contributed by atoms with Crippen LogP contribution in [0.4, 0.5) is 5.69 Å². The minimum Gasteiger partial charge on any atom is -0.496 e. The van der Waals surface area contributed by atoms with Gasteiger partial charge in [-0.05, 0) is 24.3 Å². The average molecular weight is 263 g/mol. The number of ether oxygens (including phenoxy) is 1. The molecular formula is C13H14NO3P. The fraction of sp³-hybridized carbons (Fsp3) is 0.0769. The maximum atomic E-state index is 12.5. The molecule has 0 heterocycles. The number of rotatable bonds is 3. The van der Waals surface area contributed by atoms with E-state index in [1.54, 1.807) is 42.5 Å². The third kappa shape index (κ3) is 2.26. The van der Waals surface area contributed by atoms with Crippen molar-refractivity contribution in [2.24, 2.45) is 0 Å². The van der Waals surface area contributed by atoms with Gasteiger partial charge in [0, 0.05) is 17.1 Å². The Kier molecular flexibility index (Phi) is 3.41. The van der Waals surface area contributed by atoms with Crippen LogP contribution in [0.2, 0.25) is 0 Å². The monoisotopic (exact) mass is 263 g/mol. The van der Waals surface area contributed by atoms with Gasteiger partial charge in [0.15, 0.2) is 0 Å². The first-order valence-corrected chi connectivity index (χ1v) is 7.04. The third-order valence-electron chi connectivity index (χ3n) is 2.64. The Labute approximate surface area is 105 Å². The largest absolute Gasteiger partial charge is 0.496 e. The van der Waals surface area contributed by atoms with Gasteiger partial charge in [-0.2, -0.15) is 0 Å². The van der Waals surface area contributed by atoms with E-state index in [0.717, 1.165) is 0 Å². The molecule has 1 unspecified atom stereocenters. The highest BCUT2D eigenvalue weighted by atomic mass is 31.2. The van der Waals surface area contributed by atoms with E-state index in [0.29, 0.717) is 16.7 Å². The summed E-state index contributed by atoms with van der Waals surface area (Å²) < 4.78 is 17.7. The molecule has 0 fully saturated rings. The standard InChI is InChI=1S/C13H14NO3P/c1-17-12-9-10(14)7-8-13(12)18(15,16)11-5-3-2-4-6-11/h2-9H,14H2,1H3,(H,15,16). The van der Waals surface area contributed by atoms with E-state index < -0.39 is 7.37 Å². The Hall–Kier alpha value is -1.77. The van der Waals surface area contributed by atoms with Crippen molar-refractivity contribution in [3.05, 3.63) is 48.5 Å². The molecule has 2 rings (SSSR count). The van der Waals surface area contributed by atoms with Crippen molar-refractivity contribution in [2.75, 3.05) is 12.8 Å². The summed E-state index contributed by atoms with van der Waals surface area (Å²) in [5, 5.41) is 0.624. The Morgan fingerprint density at radius 1 is 1.17 bits per heavy atom. The highest BCUT2D eigenvalue weighted by Gasteiger charge is 2.27. The summed E-state index contributed by atoms with van der Waals surface area (Å²) in [4.78, 5) is 10.3. The fourth-order valence-corrected chi connectivity index (χ4v) is 3.30. The molecule has 0 radical (unpaired) electrons. The predicted octanol–water partition coefficient (Wildman–Crippen LogP) is 1.50. The summed E-state index contributed by atoms with van der Waals surface area (Å²) in [6.45, 7) is 0. The van der Waals surface area contributed by atoms with Crippen LogP contribution in [-0.4, -0.2) is 12.0 Å². The Morgan fingerprint density at radius 3 is 2.44 bits per heavy atom. The first-order valence-electron chi connectivity index (χ1n) is 5.38. The molecule has 0 spiro atoms. The smallest absolute Gasteiger partial charge is 0.262 e. The number of hydrogen-bond donors (Lipinski definition) is 2. The minimum absolute atomic E-state index is 0.255. The number of methoxy groups -OCH3 is 1. The SMILES string of the molecule is COc1cc(N)ccc1P(=O)(O)c1ccccc1. The lowest BCUT2D eigenvalue weighted by Crippen LogP contribution is -2.17. The van der Waals surface area contributed by atoms with Gasteiger partial charge in [-0.15, -0.1) is 0 Å². The molecule has 2 aromatic carbocycles. The number of benzene rings is 2.